The van der Waals surface area contributed by atoms with Crippen molar-refractivity contribution in [2.24, 2.45) is 11.8 Å². The molecule has 0 radical (unpaired) electrons. The van der Waals surface area contributed by atoms with Crippen molar-refractivity contribution < 1.29 is 77.6 Å². The van der Waals surface area contributed by atoms with E-state index >= 15 is 0 Å². The Morgan fingerprint density at radius 2 is 1.67 bits per heavy atom. The minimum atomic E-state index is -2.09. The molecule has 2 bridgehead atoms. The topological polar surface area (TPSA) is 239 Å². The lowest BCUT2D eigenvalue weighted by Crippen LogP contribution is -2.69. The third-order valence-corrected chi connectivity index (χ3v) is 9.90. The molecule has 4 aliphatic rings. The van der Waals surface area contributed by atoms with E-state index < -0.39 is 90.2 Å². The summed E-state index contributed by atoms with van der Waals surface area (Å²) in [4.78, 5) is 73.3. The highest BCUT2D eigenvalue weighted by Gasteiger charge is 2.72. The molecular weight excluding hydrogens is 652 g/mol. The van der Waals surface area contributed by atoms with Gasteiger partial charge in [0, 0.05) is 5.56 Å². The number of benzene rings is 1. The van der Waals surface area contributed by atoms with Gasteiger partial charge in [-0.3, -0.25) is 9.59 Å². The first kappa shape index (κ1) is 35.6. The van der Waals surface area contributed by atoms with E-state index in [-0.39, 0.29) is 24.0 Å². The first-order valence-corrected chi connectivity index (χ1v) is 15.8. The molecule has 0 saturated heterocycles. The van der Waals surface area contributed by atoms with E-state index in [1.165, 1.54) is 7.11 Å². The van der Waals surface area contributed by atoms with Crippen LogP contribution in [0.3, 0.4) is 0 Å². The number of methoxy groups -OCH3 is 1. The Kier molecular flexibility index (Phi) is 9.67. The summed E-state index contributed by atoms with van der Waals surface area (Å²) in [6.07, 6.45) is -6.99. The largest absolute Gasteiger partial charge is 0.493 e. The van der Waals surface area contributed by atoms with Crippen LogP contribution in [0.1, 0.15) is 64.0 Å². The fourth-order valence-corrected chi connectivity index (χ4v) is 7.57. The van der Waals surface area contributed by atoms with E-state index in [1.54, 1.807) is 12.1 Å². The molecule has 49 heavy (non-hydrogen) atoms. The fourth-order valence-electron chi connectivity index (χ4n) is 7.57. The monoisotopic (exact) mass is 690 g/mol. The Balaban J connectivity index is 1.35. The maximum atomic E-state index is 13.4. The molecule has 0 aromatic heterocycles. The summed E-state index contributed by atoms with van der Waals surface area (Å²) >= 11 is 0. The maximum Gasteiger partial charge on any atom is 0.348 e. The predicted octanol–water partition coefficient (Wildman–Crippen LogP) is 0.944. The Labute approximate surface area is 279 Å². The summed E-state index contributed by atoms with van der Waals surface area (Å²) in [5, 5.41) is 40.0. The summed E-state index contributed by atoms with van der Waals surface area (Å²) < 4.78 is 32.4. The van der Waals surface area contributed by atoms with Crippen LogP contribution in [0.4, 0.5) is 0 Å². The first-order chi connectivity index (χ1) is 23.0. The second-order valence-corrected chi connectivity index (χ2v) is 12.9. The number of ether oxygens (including phenoxy) is 6. The minimum Gasteiger partial charge on any atom is -0.493 e. The fraction of sp³-hybridized carbons (Fsp3) is 0.576. The van der Waals surface area contributed by atoms with Crippen LogP contribution >= 0.6 is 0 Å². The Hall–Kier alpha value is -4.70. The molecule has 4 N–H and O–H groups in total. The van der Waals surface area contributed by atoms with Gasteiger partial charge in [-0.2, -0.15) is 0 Å². The van der Waals surface area contributed by atoms with Crippen molar-refractivity contribution >= 4 is 35.8 Å². The number of hydrogen-bond acceptors (Lipinski definition) is 14. The molecule has 1 aromatic carbocycles. The summed E-state index contributed by atoms with van der Waals surface area (Å²) in [5.41, 5.74) is -0.368. The van der Waals surface area contributed by atoms with Crippen LogP contribution < -0.4 is 9.47 Å². The molecule has 1 saturated carbocycles. The molecule has 266 valence electrons. The van der Waals surface area contributed by atoms with Crippen molar-refractivity contribution in [3.8, 4) is 11.5 Å². The molecule has 1 aromatic rings. The van der Waals surface area contributed by atoms with Crippen LogP contribution in [0.5, 0.6) is 11.5 Å². The molecule has 1 unspecified atom stereocenters. The lowest BCUT2D eigenvalue weighted by Gasteiger charge is -2.61. The number of aliphatic hydroxyl groups excluding tert-OH is 1. The zero-order valence-electron chi connectivity index (χ0n) is 27.2. The van der Waals surface area contributed by atoms with Crippen molar-refractivity contribution in [2.75, 3.05) is 7.11 Å². The normalized spacial score (nSPS) is 28.2. The van der Waals surface area contributed by atoms with E-state index in [9.17, 15) is 39.0 Å². The Morgan fingerprint density at radius 3 is 2.31 bits per heavy atom. The van der Waals surface area contributed by atoms with E-state index in [0.29, 0.717) is 24.3 Å². The molecule has 1 aliphatic heterocycles. The van der Waals surface area contributed by atoms with Gasteiger partial charge in [-0.05, 0) is 69.1 Å². The minimum absolute atomic E-state index is 0.0677. The molecule has 16 nitrogen and oxygen atoms in total. The highest BCUT2D eigenvalue weighted by atomic mass is 16.6. The number of carbonyl (C=O) groups excluding carboxylic acids is 4. The van der Waals surface area contributed by atoms with Gasteiger partial charge in [-0.15, -0.1) is 0 Å². The SMILES string of the molecule is COc1ccc2c3c1O[C@H]1C(OC(=O)C[C@H](OC(=O)[C@H](C)O)C(=O)O[C@@H](C)C(=O)O[C@@H](CC(=O)O)C(=O)O)=CC[C@@]4(O)[C@@H](C2)C(C)CC[C@]314. The smallest absolute Gasteiger partial charge is 0.348 e. The molecular formula is C33H38O16. The number of carbonyl (C=O) groups is 6. The number of rotatable bonds is 13. The van der Waals surface area contributed by atoms with Crippen molar-refractivity contribution in [2.45, 2.75) is 101 Å². The highest BCUT2D eigenvalue weighted by molar-refractivity contribution is 5.88. The van der Waals surface area contributed by atoms with Crippen molar-refractivity contribution in [1.29, 1.82) is 0 Å². The van der Waals surface area contributed by atoms with Crippen LogP contribution in [-0.2, 0) is 59.6 Å². The number of hydrogen-bond donors (Lipinski definition) is 4. The number of carboxylic acid groups (broad SMARTS) is 2. The van der Waals surface area contributed by atoms with Gasteiger partial charge in [-0.1, -0.05) is 13.0 Å². The number of aliphatic hydroxyl groups is 2. The molecule has 0 amide bonds. The standard InChI is InChI=1S/C33H38O16/c1-14-7-9-32-25-17-5-6-19(44-4)26(25)49-27(32)20(8-10-33(32,43)18(14)11-17)46-24(37)13-22(48-29(40)15(2)34)31(42)45-16(3)30(41)47-21(28(38)39)12-23(35)36/h5-6,8,14-16,18,21-22,27,34,43H,7,9-13H2,1-4H3,(H,35,36)(H,38,39)/t14?,15-,16-,18-,21-,22-,27-,32-,33+/m0/s1. The van der Waals surface area contributed by atoms with E-state index in [0.717, 1.165) is 31.4 Å². The number of aliphatic carboxylic acids is 2. The average molecular weight is 691 g/mol. The molecule has 1 spiro atoms. The molecule has 5 rings (SSSR count). The zero-order valence-corrected chi connectivity index (χ0v) is 27.2. The third kappa shape index (κ3) is 6.18. The highest BCUT2D eigenvalue weighted by Crippen LogP contribution is 2.68. The van der Waals surface area contributed by atoms with Crippen LogP contribution in [0.25, 0.3) is 0 Å². The molecule has 1 fully saturated rings. The summed E-state index contributed by atoms with van der Waals surface area (Å²) in [6.45, 7) is 4.13. The molecule has 3 aliphatic carbocycles. The lowest BCUT2D eigenvalue weighted by atomic mass is 9.45. The first-order valence-electron chi connectivity index (χ1n) is 15.8. The van der Waals surface area contributed by atoms with Crippen LogP contribution in [0, 0.1) is 11.8 Å². The number of carboxylic acids is 2. The van der Waals surface area contributed by atoms with Crippen molar-refractivity contribution in [3.63, 3.8) is 0 Å². The van der Waals surface area contributed by atoms with Crippen molar-refractivity contribution in [3.05, 3.63) is 35.1 Å². The number of esters is 4. The Morgan fingerprint density at radius 1 is 0.980 bits per heavy atom. The van der Waals surface area contributed by atoms with E-state index in [1.807, 2.05) is 6.07 Å². The molecule has 9 atom stereocenters. The van der Waals surface area contributed by atoms with E-state index in [2.05, 4.69) is 11.7 Å². The Bertz CT molecular complexity index is 1600. The maximum absolute atomic E-state index is 13.4. The van der Waals surface area contributed by atoms with Gasteiger partial charge in [0.15, 0.2) is 23.7 Å². The van der Waals surface area contributed by atoms with Crippen LogP contribution in [-0.4, -0.2) is 99.5 Å². The third-order valence-electron chi connectivity index (χ3n) is 9.90. The second kappa shape index (κ2) is 13.3. The van der Waals surface area contributed by atoms with Gasteiger partial charge in [0.25, 0.3) is 0 Å². The summed E-state index contributed by atoms with van der Waals surface area (Å²) in [5.74, 6) is -7.52. The zero-order chi connectivity index (χ0) is 36.0. The van der Waals surface area contributed by atoms with Gasteiger partial charge in [0.2, 0.25) is 12.2 Å². The summed E-state index contributed by atoms with van der Waals surface area (Å²) in [7, 11) is 1.49. The van der Waals surface area contributed by atoms with Gasteiger partial charge in [0.05, 0.1) is 31.0 Å². The lowest BCUT2D eigenvalue weighted by molar-refractivity contribution is -0.186. The summed E-state index contributed by atoms with van der Waals surface area (Å²) in [6, 6.07) is 3.75. The van der Waals surface area contributed by atoms with Gasteiger partial charge in [0.1, 0.15) is 11.9 Å². The van der Waals surface area contributed by atoms with Crippen LogP contribution in [0.15, 0.2) is 24.0 Å². The van der Waals surface area contributed by atoms with Gasteiger partial charge >= 0.3 is 35.8 Å². The molecule has 1 heterocycles. The van der Waals surface area contributed by atoms with Crippen LogP contribution in [0.2, 0.25) is 0 Å². The van der Waals surface area contributed by atoms with Gasteiger partial charge < -0.3 is 48.8 Å². The van der Waals surface area contributed by atoms with Gasteiger partial charge in [-0.25, -0.2) is 19.2 Å². The average Bonchev–Trinajstić information content (AvgIpc) is 3.39. The second-order valence-electron chi connectivity index (χ2n) is 12.9. The van der Waals surface area contributed by atoms with Crippen molar-refractivity contribution in [1.82, 2.24) is 0 Å². The predicted molar refractivity (Wildman–Crippen MR) is 160 cm³/mol. The molecule has 16 heteroatoms. The quantitative estimate of drug-likeness (QED) is 0.166. The van der Waals surface area contributed by atoms with E-state index in [4.69, 9.17) is 33.9 Å².